The zero-order valence-electron chi connectivity index (χ0n) is 34.8. The molecule has 8 aliphatic rings. The molecule has 21 atom stereocenters. The Balaban J connectivity index is 0.862. The van der Waals surface area contributed by atoms with E-state index in [1.807, 2.05) is 6.92 Å². The molecule has 58 heavy (non-hydrogen) atoms. The number of carbonyl (C=O) groups is 2. The van der Waals surface area contributed by atoms with Gasteiger partial charge in [-0.2, -0.15) is 0 Å². The van der Waals surface area contributed by atoms with Crippen LogP contribution in [-0.2, 0) is 47.5 Å². The molecule has 15 nitrogen and oxygen atoms in total. The number of rotatable bonds is 8. The lowest BCUT2D eigenvalue weighted by Crippen LogP contribution is -2.67. The van der Waals surface area contributed by atoms with Gasteiger partial charge >= 0.3 is 11.9 Å². The molecule has 0 radical (unpaired) electrons. The summed E-state index contributed by atoms with van der Waals surface area (Å²) in [5.74, 6) is -0.318. The molecule has 3 saturated heterocycles. The Labute approximate surface area is 341 Å². The lowest BCUT2D eigenvalue weighted by atomic mass is 9.42. The Kier molecular flexibility index (Phi) is 12.0. The summed E-state index contributed by atoms with van der Waals surface area (Å²) < 4.78 is 48.4. The second-order valence-corrected chi connectivity index (χ2v) is 19.4. The van der Waals surface area contributed by atoms with Crippen molar-refractivity contribution in [2.24, 2.45) is 34.5 Å². The van der Waals surface area contributed by atoms with Crippen LogP contribution in [0.2, 0.25) is 0 Å². The SMILES string of the molecule is CC(=O)O[C@@H]1C[C@H]2[C@@H](CC[C@@H]3C[C@@H](O[C@@H]4C[C@H](O)[C@H](O[C@@H]5C[C@H](O)[C@H](O[C@@H]6C[C@H](O)[C@H](O)[C@@H](C)O6)[C@@H](C)O5)[C@@H](C)O4)CC[C@@]32C)C2(O)CC[C@H](C3=CC(=O)OC3)[C@@]12C. The van der Waals surface area contributed by atoms with Gasteiger partial charge in [0.2, 0.25) is 0 Å². The minimum absolute atomic E-state index is 0.0376. The first-order valence-electron chi connectivity index (χ1n) is 21.8. The van der Waals surface area contributed by atoms with E-state index in [4.69, 9.17) is 37.9 Å². The van der Waals surface area contributed by atoms with E-state index in [2.05, 4.69) is 13.8 Å². The molecule has 7 fully saturated rings. The maximum absolute atomic E-state index is 12.8. The van der Waals surface area contributed by atoms with E-state index >= 15 is 0 Å². The van der Waals surface area contributed by atoms with E-state index < -0.39 is 90.9 Å². The van der Waals surface area contributed by atoms with Crippen LogP contribution >= 0.6 is 0 Å². The van der Waals surface area contributed by atoms with Crippen molar-refractivity contribution in [1.82, 2.24) is 0 Å². The van der Waals surface area contributed by atoms with E-state index in [1.54, 1.807) is 19.9 Å². The maximum atomic E-state index is 12.8. The molecule has 1 unspecified atom stereocenters. The molecule has 0 aromatic rings. The molecule has 4 saturated carbocycles. The fourth-order valence-corrected chi connectivity index (χ4v) is 13.1. The highest BCUT2D eigenvalue weighted by Crippen LogP contribution is 2.70. The summed E-state index contributed by atoms with van der Waals surface area (Å²) in [6.45, 7) is 11.3. The first kappa shape index (κ1) is 42.9. The highest BCUT2D eigenvalue weighted by Gasteiger charge is 2.72. The predicted molar refractivity (Wildman–Crippen MR) is 202 cm³/mol. The number of esters is 2. The minimum Gasteiger partial charge on any atom is -0.462 e. The summed E-state index contributed by atoms with van der Waals surface area (Å²) in [5.41, 5.74) is -1.00. The number of aliphatic hydroxyl groups is 5. The molecule has 0 spiro atoms. The summed E-state index contributed by atoms with van der Waals surface area (Å²) in [6.07, 6.45) is -1.68. The number of hydrogen-bond donors (Lipinski definition) is 5. The van der Waals surface area contributed by atoms with Crippen LogP contribution in [0, 0.1) is 34.5 Å². The fourth-order valence-electron chi connectivity index (χ4n) is 13.1. The molecule has 328 valence electrons. The fraction of sp³-hybridized carbons (Fsp3) is 0.907. The first-order valence-corrected chi connectivity index (χ1v) is 21.8. The zero-order chi connectivity index (χ0) is 41.5. The smallest absolute Gasteiger partial charge is 0.331 e. The third kappa shape index (κ3) is 7.49. The molecule has 15 heteroatoms. The molecule has 4 aliphatic carbocycles. The lowest BCUT2D eigenvalue weighted by Gasteiger charge is -2.65. The molecule has 4 heterocycles. The summed E-state index contributed by atoms with van der Waals surface area (Å²) in [5, 5.41) is 55.4. The topological polar surface area (TPSA) is 209 Å². The monoisotopic (exact) mass is 822 g/mol. The van der Waals surface area contributed by atoms with E-state index in [0.29, 0.717) is 25.2 Å². The number of hydrogen-bond acceptors (Lipinski definition) is 15. The Morgan fingerprint density at radius 1 is 0.741 bits per heavy atom. The number of ether oxygens (including phenoxy) is 8. The van der Waals surface area contributed by atoms with Crippen molar-refractivity contribution in [1.29, 1.82) is 0 Å². The first-order chi connectivity index (χ1) is 27.4. The van der Waals surface area contributed by atoms with Crippen LogP contribution in [0.5, 0.6) is 0 Å². The molecule has 8 rings (SSSR count). The lowest BCUT2D eigenvalue weighted by molar-refractivity contribution is -0.336. The third-order valence-corrected chi connectivity index (χ3v) is 16.2. The molecule has 0 amide bonds. The number of cyclic esters (lactones) is 1. The standard InChI is InChI=1S/C43H66O15/c1-20-38(49)30(45)16-36(52-20)57-40-22(3)54-37(18-32(40)47)58-39-21(2)53-35(17-31(39)46)56-26-9-11-41(5)25(14-26)7-8-28-29(41)15-33(55-23(4)44)42(6)27(10-12-43(28,42)50)24-13-34(48)51-19-24/h13,20-22,25-33,35-40,45-47,49-50H,7-12,14-19H2,1-6H3/t20-,21-,22-,25-,26+,27-,28-,29+,30+,31+,32+,33-,35-,36-,37-,38-,39-,40-,41+,42+,43?/m1/s1. The number of aliphatic hydroxyl groups excluding tert-OH is 4. The van der Waals surface area contributed by atoms with Gasteiger partial charge in [-0.15, -0.1) is 0 Å². The molecule has 0 bridgehead atoms. The summed E-state index contributed by atoms with van der Waals surface area (Å²) in [6, 6.07) is 0. The zero-order valence-corrected chi connectivity index (χ0v) is 34.8. The Hall–Kier alpha value is -1.76. The Bertz CT molecular complexity index is 1520. The van der Waals surface area contributed by atoms with Gasteiger partial charge in [-0.05, 0) is 107 Å². The van der Waals surface area contributed by atoms with Crippen LogP contribution in [0.3, 0.4) is 0 Å². The van der Waals surface area contributed by atoms with Gasteiger partial charge in [-0.1, -0.05) is 13.8 Å². The van der Waals surface area contributed by atoms with Crippen LogP contribution in [0.4, 0.5) is 0 Å². The summed E-state index contributed by atoms with van der Waals surface area (Å²) in [4.78, 5) is 24.7. The van der Waals surface area contributed by atoms with Gasteiger partial charge in [-0.3, -0.25) is 4.79 Å². The van der Waals surface area contributed by atoms with Crippen molar-refractivity contribution in [3.63, 3.8) is 0 Å². The molecular formula is C43H66O15. The van der Waals surface area contributed by atoms with Crippen molar-refractivity contribution in [3.8, 4) is 0 Å². The second kappa shape index (κ2) is 16.2. The molecule has 0 aromatic heterocycles. The summed E-state index contributed by atoms with van der Waals surface area (Å²) in [7, 11) is 0. The molecule has 4 aliphatic heterocycles. The normalized spacial score (nSPS) is 53.2. The van der Waals surface area contributed by atoms with Crippen molar-refractivity contribution in [2.75, 3.05) is 6.61 Å². The average molecular weight is 823 g/mol. The van der Waals surface area contributed by atoms with Crippen molar-refractivity contribution in [3.05, 3.63) is 11.6 Å². The Morgan fingerprint density at radius 2 is 1.34 bits per heavy atom. The van der Waals surface area contributed by atoms with Crippen LogP contribution in [0.15, 0.2) is 11.6 Å². The highest BCUT2D eigenvalue weighted by molar-refractivity contribution is 5.85. The van der Waals surface area contributed by atoms with Crippen LogP contribution in [0.1, 0.15) is 112 Å². The van der Waals surface area contributed by atoms with Crippen molar-refractivity contribution < 1.29 is 73.0 Å². The van der Waals surface area contributed by atoms with Crippen LogP contribution in [-0.4, -0.2) is 136 Å². The third-order valence-electron chi connectivity index (χ3n) is 16.2. The summed E-state index contributed by atoms with van der Waals surface area (Å²) >= 11 is 0. The highest BCUT2D eigenvalue weighted by atomic mass is 16.7. The average Bonchev–Trinajstić information content (AvgIpc) is 3.70. The predicted octanol–water partition coefficient (Wildman–Crippen LogP) is 2.79. The number of fused-ring (bicyclic) bond motifs is 5. The van der Waals surface area contributed by atoms with Gasteiger partial charge in [-0.25, -0.2) is 4.79 Å². The molecule has 5 N–H and O–H groups in total. The molecule has 0 aromatic carbocycles. The second-order valence-electron chi connectivity index (χ2n) is 19.4. The maximum Gasteiger partial charge on any atom is 0.331 e. The quantitative estimate of drug-likeness (QED) is 0.176. The van der Waals surface area contributed by atoms with Crippen LogP contribution < -0.4 is 0 Å². The largest absolute Gasteiger partial charge is 0.462 e. The van der Waals surface area contributed by atoms with Gasteiger partial charge in [0.1, 0.15) is 31.0 Å². The van der Waals surface area contributed by atoms with Gasteiger partial charge in [0, 0.05) is 37.7 Å². The number of carbonyl (C=O) groups excluding carboxylic acids is 2. The van der Waals surface area contributed by atoms with E-state index in [9.17, 15) is 35.1 Å². The van der Waals surface area contributed by atoms with E-state index in [1.165, 1.54) is 6.92 Å². The Morgan fingerprint density at radius 3 is 1.91 bits per heavy atom. The van der Waals surface area contributed by atoms with Gasteiger partial charge in [0.25, 0.3) is 0 Å². The van der Waals surface area contributed by atoms with Crippen molar-refractivity contribution >= 4 is 11.9 Å². The van der Waals surface area contributed by atoms with E-state index in [0.717, 1.165) is 37.7 Å². The minimum atomic E-state index is -1.05. The van der Waals surface area contributed by atoms with E-state index in [-0.39, 0.29) is 67.1 Å². The van der Waals surface area contributed by atoms with Gasteiger partial charge in [0.15, 0.2) is 18.9 Å². The van der Waals surface area contributed by atoms with Crippen molar-refractivity contribution in [2.45, 2.75) is 204 Å². The van der Waals surface area contributed by atoms with Crippen LogP contribution in [0.25, 0.3) is 0 Å². The van der Waals surface area contributed by atoms with Gasteiger partial charge < -0.3 is 63.4 Å². The van der Waals surface area contributed by atoms with Gasteiger partial charge in [0.05, 0.1) is 48.3 Å². The molecular weight excluding hydrogens is 756 g/mol.